The fraction of sp³-hybridized carbons (Fsp3) is 0.286. The van der Waals surface area contributed by atoms with Crippen molar-refractivity contribution in [2.75, 3.05) is 28.6 Å². The summed E-state index contributed by atoms with van der Waals surface area (Å²) in [5.74, 6) is 1.66. The lowest BCUT2D eigenvalue weighted by molar-refractivity contribution is 0.0996. The van der Waals surface area contributed by atoms with Crippen molar-refractivity contribution in [2.45, 2.75) is 19.8 Å². The van der Waals surface area contributed by atoms with Gasteiger partial charge in [0.05, 0.1) is 6.26 Å². The number of nitrogens with zero attached hydrogens (tertiary/aromatic N) is 3. The molecule has 1 aliphatic rings. The Morgan fingerprint density at radius 2 is 1.75 bits per heavy atom. The molecule has 0 aliphatic carbocycles. The summed E-state index contributed by atoms with van der Waals surface area (Å²) in [7, 11) is 0. The summed E-state index contributed by atoms with van der Waals surface area (Å²) in [6, 6.07) is 15.1. The lowest BCUT2D eigenvalue weighted by atomic mass is 9.99. The number of furan rings is 1. The largest absolute Gasteiger partial charge is 0.459 e. The van der Waals surface area contributed by atoms with E-state index < -0.39 is 0 Å². The number of piperidine rings is 1. The van der Waals surface area contributed by atoms with Gasteiger partial charge >= 0.3 is 0 Å². The van der Waals surface area contributed by atoms with Crippen molar-refractivity contribution in [3.8, 4) is 0 Å². The van der Waals surface area contributed by atoms with E-state index in [0.717, 1.165) is 24.7 Å². The predicted octanol–water partition coefficient (Wildman–Crippen LogP) is 4.30. The zero-order chi connectivity index (χ0) is 19.3. The number of aromatic nitrogens is 2. The van der Waals surface area contributed by atoms with Crippen LogP contribution in [-0.4, -0.2) is 29.2 Å². The number of benzene rings is 1. The molecule has 4 rings (SSSR count). The molecule has 0 unspecified atom stereocenters. The third-order valence-corrected chi connectivity index (χ3v) is 4.94. The van der Waals surface area contributed by atoms with E-state index in [-0.39, 0.29) is 11.7 Å². The number of hydrogen-bond acceptors (Lipinski definition) is 6. The number of amides is 1. The highest BCUT2D eigenvalue weighted by Gasteiger charge is 2.16. The van der Waals surface area contributed by atoms with Crippen LogP contribution < -0.4 is 15.5 Å². The van der Waals surface area contributed by atoms with Gasteiger partial charge in [-0.25, -0.2) is 0 Å². The normalized spacial score (nSPS) is 14.7. The SMILES string of the molecule is CC1CCN(c2ccc(Nc3ccc(NC(=O)c4ccco4)nn3)cc2)CC1. The monoisotopic (exact) mass is 377 g/mol. The summed E-state index contributed by atoms with van der Waals surface area (Å²) in [6.45, 7) is 4.55. The van der Waals surface area contributed by atoms with Crippen LogP contribution >= 0.6 is 0 Å². The molecule has 1 aliphatic heterocycles. The molecule has 1 aromatic carbocycles. The van der Waals surface area contributed by atoms with Crippen LogP contribution in [0.2, 0.25) is 0 Å². The molecule has 1 amide bonds. The van der Waals surface area contributed by atoms with Crippen molar-refractivity contribution in [3.63, 3.8) is 0 Å². The molecule has 2 aromatic heterocycles. The smallest absolute Gasteiger partial charge is 0.292 e. The van der Waals surface area contributed by atoms with Crippen LogP contribution in [0.15, 0.2) is 59.2 Å². The van der Waals surface area contributed by atoms with E-state index in [0.29, 0.717) is 11.6 Å². The maximum atomic E-state index is 11.9. The molecular formula is C21H23N5O2. The van der Waals surface area contributed by atoms with Crippen LogP contribution in [0.1, 0.15) is 30.3 Å². The van der Waals surface area contributed by atoms with Gasteiger partial charge in [0.25, 0.3) is 5.91 Å². The van der Waals surface area contributed by atoms with Gasteiger partial charge in [0.2, 0.25) is 0 Å². The first-order valence-corrected chi connectivity index (χ1v) is 9.48. The Labute approximate surface area is 163 Å². The molecule has 0 radical (unpaired) electrons. The van der Waals surface area contributed by atoms with Crippen molar-refractivity contribution in [3.05, 3.63) is 60.6 Å². The van der Waals surface area contributed by atoms with Crippen LogP contribution in [0, 0.1) is 5.92 Å². The number of anilines is 4. The van der Waals surface area contributed by atoms with Gasteiger partial charge in [-0.2, -0.15) is 0 Å². The third-order valence-electron chi connectivity index (χ3n) is 4.94. The van der Waals surface area contributed by atoms with Gasteiger partial charge < -0.3 is 20.0 Å². The molecule has 1 fully saturated rings. The Morgan fingerprint density at radius 3 is 2.39 bits per heavy atom. The molecule has 3 heterocycles. The van der Waals surface area contributed by atoms with Crippen molar-refractivity contribution < 1.29 is 9.21 Å². The van der Waals surface area contributed by atoms with Crippen LogP contribution in [0.3, 0.4) is 0 Å². The molecule has 0 bridgehead atoms. The topological polar surface area (TPSA) is 83.3 Å². The number of carbonyl (C=O) groups is 1. The molecule has 144 valence electrons. The van der Waals surface area contributed by atoms with E-state index in [4.69, 9.17) is 4.42 Å². The molecule has 0 saturated carbocycles. The first-order valence-electron chi connectivity index (χ1n) is 9.48. The van der Waals surface area contributed by atoms with E-state index in [1.54, 1.807) is 24.3 Å². The minimum absolute atomic E-state index is 0.229. The predicted molar refractivity (Wildman–Crippen MR) is 109 cm³/mol. The Balaban J connectivity index is 1.34. The molecule has 0 atom stereocenters. The third kappa shape index (κ3) is 4.31. The maximum Gasteiger partial charge on any atom is 0.292 e. The van der Waals surface area contributed by atoms with Crippen molar-refractivity contribution >= 4 is 28.9 Å². The zero-order valence-corrected chi connectivity index (χ0v) is 15.8. The highest BCUT2D eigenvalue weighted by molar-refractivity contribution is 6.01. The van der Waals surface area contributed by atoms with Gasteiger partial charge in [0.1, 0.15) is 0 Å². The fourth-order valence-corrected chi connectivity index (χ4v) is 3.22. The van der Waals surface area contributed by atoms with Crippen LogP contribution in [0.5, 0.6) is 0 Å². The molecular weight excluding hydrogens is 354 g/mol. The van der Waals surface area contributed by atoms with Gasteiger partial charge in [-0.15, -0.1) is 10.2 Å². The summed E-state index contributed by atoms with van der Waals surface area (Å²) < 4.78 is 5.05. The molecule has 1 saturated heterocycles. The Bertz CT molecular complexity index is 899. The van der Waals surface area contributed by atoms with Crippen molar-refractivity contribution in [1.29, 1.82) is 0 Å². The average Bonchev–Trinajstić information content (AvgIpc) is 3.26. The van der Waals surface area contributed by atoms with Gasteiger partial charge in [-0.1, -0.05) is 6.92 Å². The molecule has 3 aromatic rings. The van der Waals surface area contributed by atoms with Crippen molar-refractivity contribution in [1.82, 2.24) is 10.2 Å². The summed E-state index contributed by atoms with van der Waals surface area (Å²) >= 11 is 0. The second-order valence-electron chi connectivity index (χ2n) is 7.08. The molecule has 7 nitrogen and oxygen atoms in total. The van der Waals surface area contributed by atoms with Crippen LogP contribution in [0.25, 0.3) is 0 Å². The Hall–Kier alpha value is -3.35. The second-order valence-corrected chi connectivity index (χ2v) is 7.08. The molecule has 0 spiro atoms. The highest BCUT2D eigenvalue weighted by atomic mass is 16.3. The standard InChI is InChI=1S/C21H23N5O2/c1-15-10-12-26(13-11-15)17-6-4-16(5-7-17)22-19-8-9-20(25-24-19)23-21(27)18-3-2-14-28-18/h2-9,14-15H,10-13H2,1H3,(H,22,24)(H,23,25,27). The molecule has 2 N–H and O–H groups in total. The highest BCUT2D eigenvalue weighted by Crippen LogP contribution is 2.25. The first kappa shape index (κ1) is 18.0. The second kappa shape index (κ2) is 8.12. The summed E-state index contributed by atoms with van der Waals surface area (Å²) in [4.78, 5) is 14.4. The lowest BCUT2D eigenvalue weighted by Crippen LogP contribution is -2.32. The van der Waals surface area contributed by atoms with Gasteiger partial charge in [0.15, 0.2) is 17.4 Å². The van der Waals surface area contributed by atoms with E-state index in [2.05, 4.69) is 44.8 Å². The quantitative estimate of drug-likeness (QED) is 0.690. The van der Waals surface area contributed by atoms with E-state index in [1.165, 1.54) is 24.8 Å². The van der Waals surface area contributed by atoms with E-state index in [1.807, 2.05) is 12.1 Å². The molecule has 7 heteroatoms. The minimum atomic E-state index is -0.359. The van der Waals surface area contributed by atoms with Crippen LogP contribution in [-0.2, 0) is 0 Å². The van der Waals surface area contributed by atoms with Crippen LogP contribution in [0.4, 0.5) is 23.0 Å². The Kier molecular flexibility index (Phi) is 5.23. The number of nitrogens with one attached hydrogen (secondary N) is 2. The lowest BCUT2D eigenvalue weighted by Gasteiger charge is -2.32. The number of carbonyl (C=O) groups excluding carboxylic acids is 1. The first-order chi connectivity index (χ1) is 13.7. The number of rotatable bonds is 5. The Morgan fingerprint density at radius 1 is 1.04 bits per heavy atom. The average molecular weight is 377 g/mol. The maximum absolute atomic E-state index is 11.9. The molecule has 28 heavy (non-hydrogen) atoms. The van der Waals surface area contributed by atoms with E-state index >= 15 is 0 Å². The van der Waals surface area contributed by atoms with Gasteiger partial charge in [0, 0.05) is 24.5 Å². The summed E-state index contributed by atoms with van der Waals surface area (Å²) in [6.07, 6.45) is 3.95. The zero-order valence-electron chi connectivity index (χ0n) is 15.8. The van der Waals surface area contributed by atoms with Gasteiger partial charge in [-0.05, 0) is 67.3 Å². The summed E-state index contributed by atoms with van der Waals surface area (Å²) in [5, 5.41) is 14.0. The van der Waals surface area contributed by atoms with Gasteiger partial charge in [-0.3, -0.25) is 4.79 Å². The van der Waals surface area contributed by atoms with Crippen molar-refractivity contribution in [2.24, 2.45) is 5.92 Å². The fourth-order valence-electron chi connectivity index (χ4n) is 3.22. The number of hydrogen-bond donors (Lipinski definition) is 2. The van der Waals surface area contributed by atoms with E-state index in [9.17, 15) is 4.79 Å². The minimum Gasteiger partial charge on any atom is -0.459 e. The summed E-state index contributed by atoms with van der Waals surface area (Å²) in [5.41, 5.74) is 2.19.